The molecule has 1 amide bonds. The van der Waals surface area contributed by atoms with Crippen LogP contribution in [-0.2, 0) is 17.5 Å². The number of amides is 1. The van der Waals surface area contributed by atoms with Crippen molar-refractivity contribution in [3.05, 3.63) is 47.5 Å². The van der Waals surface area contributed by atoms with Crippen LogP contribution in [0.3, 0.4) is 0 Å². The molecule has 136 valence electrons. The molecule has 0 radical (unpaired) electrons. The first-order chi connectivity index (χ1) is 12.3. The number of aliphatic carboxylic acids is 1. The van der Waals surface area contributed by atoms with Gasteiger partial charge >= 0.3 is 12.1 Å². The standard InChI is InChI=1S/C15H11F3N4O3S/c16-15(17,18)8-2-1-3-10-11(8)21-13(26-10)12(23)20-9(14(24)25)6-22-5-4-19-7-22/h1-5,7,9H,6H2,(H,20,23)(H,24,25). The maximum Gasteiger partial charge on any atom is 0.418 e. The second-order valence-electron chi connectivity index (χ2n) is 5.29. The average Bonchev–Trinajstić information content (AvgIpc) is 3.21. The SMILES string of the molecule is O=C(NC(Cn1ccnc1)C(=O)O)c1nc2c(C(F)(F)F)cccc2s1. The van der Waals surface area contributed by atoms with Gasteiger partial charge in [-0.25, -0.2) is 14.8 Å². The lowest BCUT2D eigenvalue weighted by molar-refractivity contribution is -0.139. The Morgan fingerprint density at radius 1 is 1.35 bits per heavy atom. The normalized spacial score (nSPS) is 12.9. The summed E-state index contributed by atoms with van der Waals surface area (Å²) in [5, 5.41) is 11.3. The molecule has 0 saturated carbocycles. The van der Waals surface area contributed by atoms with Crippen LogP contribution < -0.4 is 5.32 Å². The summed E-state index contributed by atoms with van der Waals surface area (Å²) in [6, 6.07) is 2.23. The summed E-state index contributed by atoms with van der Waals surface area (Å²) in [4.78, 5) is 31.2. The lowest BCUT2D eigenvalue weighted by Gasteiger charge is -2.13. The molecule has 11 heteroatoms. The second kappa shape index (κ2) is 6.75. The van der Waals surface area contributed by atoms with E-state index < -0.39 is 29.7 Å². The summed E-state index contributed by atoms with van der Waals surface area (Å²) in [5.41, 5.74) is -1.28. The summed E-state index contributed by atoms with van der Waals surface area (Å²) >= 11 is 0.762. The van der Waals surface area contributed by atoms with Crippen molar-refractivity contribution in [3.8, 4) is 0 Å². The Labute approximate surface area is 148 Å². The van der Waals surface area contributed by atoms with Gasteiger partial charge in [0.05, 0.1) is 28.7 Å². The van der Waals surface area contributed by atoms with Gasteiger partial charge in [-0.15, -0.1) is 11.3 Å². The van der Waals surface area contributed by atoms with E-state index in [0.29, 0.717) is 0 Å². The second-order valence-corrected chi connectivity index (χ2v) is 6.32. The Morgan fingerprint density at radius 2 is 2.12 bits per heavy atom. The van der Waals surface area contributed by atoms with Gasteiger partial charge in [0.1, 0.15) is 6.04 Å². The third kappa shape index (κ3) is 3.67. The van der Waals surface area contributed by atoms with E-state index in [9.17, 15) is 27.9 Å². The van der Waals surface area contributed by atoms with E-state index in [2.05, 4.69) is 15.3 Å². The molecule has 1 atom stereocenters. The highest BCUT2D eigenvalue weighted by atomic mass is 32.1. The molecule has 3 rings (SSSR count). The van der Waals surface area contributed by atoms with Crippen molar-refractivity contribution >= 4 is 33.4 Å². The molecule has 2 aromatic heterocycles. The van der Waals surface area contributed by atoms with Gasteiger partial charge in [-0.3, -0.25) is 4.79 Å². The van der Waals surface area contributed by atoms with Crippen LogP contribution in [0.2, 0.25) is 0 Å². The van der Waals surface area contributed by atoms with E-state index in [1.807, 2.05) is 0 Å². The quantitative estimate of drug-likeness (QED) is 0.704. The number of benzene rings is 1. The number of nitrogens with zero attached hydrogens (tertiary/aromatic N) is 3. The first-order valence-electron chi connectivity index (χ1n) is 7.22. The number of hydrogen-bond acceptors (Lipinski definition) is 5. The minimum atomic E-state index is -4.60. The van der Waals surface area contributed by atoms with Gasteiger partial charge in [-0.1, -0.05) is 6.07 Å². The molecule has 2 heterocycles. The highest BCUT2D eigenvalue weighted by Crippen LogP contribution is 2.36. The minimum Gasteiger partial charge on any atom is -0.480 e. The molecule has 0 aliphatic heterocycles. The number of imidazole rings is 1. The van der Waals surface area contributed by atoms with Crippen LogP contribution in [0.1, 0.15) is 15.4 Å². The molecule has 26 heavy (non-hydrogen) atoms. The van der Waals surface area contributed by atoms with Crippen molar-refractivity contribution in [2.24, 2.45) is 0 Å². The zero-order valence-electron chi connectivity index (χ0n) is 12.9. The molecular formula is C15H11F3N4O3S. The highest BCUT2D eigenvalue weighted by molar-refractivity contribution is 7.20. The fraction of sp³-hybridized carbons (Fsp3) is 0.200. The molecule has 1 unspecified atom stereocenters. The predicted octanol–water partition coefficient (Wildman–Crippen LogP) is 2.39. The minimum absolute atomic E-state index is 0.0836. The molecule has 0 bridgehead atoms. The fourth-order valence-electron chi connectivity index (χ4n) is 2.29. The van der Waals surface area contributed by atoms with Crippen molar-refractivity contribution in [1.29, 1.82) is 0 Å². The molecule has 0 saturated heterocycles. The number of aromatic nitrogens is 3. The molecule has 2 N–H and O–H groups in total. The third-order valence-electron chi connectivity index (χ3n) is 3.47. The first-order valence-corrected chi connectivity index (χ1v) is 8.03. The van der Waals surface area contributed by atoms with Crippen LogP contribution in [0.4, 0.5) is 13.2 Å². The topological polar surface area (TPSA) is 97.1 Å². The Balaban J connectivity index is 1.86. The zero-order chi connectivity index (χ0) is 18.9. The van der Waals surface area contributed by atoms with E-state index in [1.54, 1.807) is 0 Å². The maximum absolute atomic E-state index is 13.0. The zero-order valence-corrected chi connectivity index (χ0v) is 13.7. The average molecular weight is 384 g/mol. The Bertz CT molecular complexity index is 953. The number of fused-ring (bicyclic) bond motifs is 1. The number of halogens is 3. The monoisotopic (exact) mass is 384 g/mol. The number of nitrogens with one attached hydrogen (secondary N) is 1. The molecule has 0 fully saturated rings. The largest absolute Gasteiger partial charge is 0.480 e. The van der Waals surface area contributed by atoms with E-state index in [4.69, 9.17) is 0 Å². The van der Waals surface area contributed by atoms with E-state index >= 15 is 0 Å². The van der Waals surface area contributed by atoms with Crippen molar-refractivity contribution in [1.82, 2.24) is 19.9 Å². The number of carboxylic acids is 1. The molecular weight excluding hydrogens is 373 g/mol. The number of carbonyl (C=O) groups excluding carboxylic acids is 1. The highest BCUT2D eigenvalue weighted by Gasteiger charge is 2.34. The summed E-state index contributed by atoms with van der Waals surface area (Å²) in [7, 11) is 0. The predicted molar refractivity (Wildman–Crippen MR) is 85.7 cm³/mol. The summed E-state index contributed by atoms with van der Waals surface area (Å²) in [6.07, 6.45) is -0.246. The van der Waals surface area contributed by atoms with Gasteiger partial charge in [0.2, 0.25) is 0 Å². The summed E-state index contributed by atoms with van der Waals surface area (Å²) in [5.74, 6) is -2.14. The molecule has 1 aromatic carbocycles. The summed E-state index contributed by atoms with van der Waals surface area (Å²) < 4.78 is 40.7. The Hall–Kier alpha value is -2.95. The van der Waals surface area contributed by atoms with Crippen LogP contribution in [0, 0.1) is 0 Å². The number of para-hydroxylation sites is 1. The molecule has 3 aromatic rings. The van der Waals surface area contributed by atoms with Gasteiger partial charge < -0.3 is 15.0 Å². The number of carbonyl (C=O) groups is 2. The lowest BCUT2D eigenvalue weighted by atomic mass is 10.2. The molecule has 0 spiro atoms. The van der Waals surface area contributed by atoms with E-state index in [-0.39, 0.29) is 21.8 Å². The lowest BCUT2D eigenvalue weighted by Crippen LogP contribution is -2.43. The van der Waals surface area contributed by atoms with Crippen LogP contribution >= 0.6 is 11.3 Å². The van der Waals surface area contributed by atoms with Crippen molar-refractivity contribution < 1.29 is 27.9 Å². The van der Waals surface area contributed by atoms with Gasteiger partial charge in [0.25, 0.3) is 5.91 Å². The number of thiazole rings is 1. The van der Waals surface area contributed by atoms with Gasteiger partial charge in [-0.2, -0.15) is 13.2 Å². The summed E-state index contributed by atoms with van der Waals surface area (Å²) in [6.45, 7) is -0.0836. The van der Waals surface area contributed by atoms with Crippen LogP contribution in [0.5, 0.6) is 0 Å². The van der Waals surface area contributed by atoms with Gasteiger partial charge in [0, 0.05) is 12.4 Å². The first kappa shape index (κ1) is 17.9. The fourth-order valence-corrected chi connectivity index (χ4v) is 3.18. The van der Waals surface area contributed by atoms with Crippen LogP contribution in [0.15, 0.2) is 36.9 Å². The maximum atomic E-state index is 13.0. The van der Waals surface area contributed by atoms with Crippen molar-refractivity contribution in [3.63, 3.8) is 0 Å². The number of hydrogen-bond donors (Lipinski definition) is 2. The molecule has 0 aliphatic carbocycles. The Kier molecular flexibility index (Phi) is 4.64. The number of rotatable bonds is 5. The van der Waals surface area contributed by atoms with Crippen molar-refractivity contribution in [2.75, 3.05) is 0 Å². The molecule has 7 nitrogen and oxygen atoms in total. The van der Waals surface area contributed by atoms with E-state index in [1.165, 1.54) is 35.4 Å². The van der Waals surface area contributed by atoms with E-state index in [0.717, 1.165) is 17.4 Å². The van der Waals surface area contributed by atoms with Crippen LogP contribution in [0.25, 0.3) is 10.2 Å². The molecule has 0 aliphatic rings. The number of alkyl halides is 3. The van der Waals surface area contributed by atoms with Crippen LogP contribution in [-0.4, -0.2) is 37.6 Å². The van der Waals surface area contributed by atoms with Gasteiger partial charge in [0.15, 0.2) is 5.01 Å². The smallest absolute Gasteiger partial charge is 0.418 e. The van der Waals surface area contributed by atoms with Crippen molar-refractivity contribution in [2.45, 2.75) is 18.8 Å². The third-order valence-corrected chi connectivity index (χ3v) is 4.49. The Morgan fingerprint density at radius 3 is 2.73 bits per heavy atom. The number of carboxylic acid groups (broad SMARTS) is 1. The van der Waals surface area contributed by atoms with Gasteiger partial charge in [-0.05, 0) is 12.1 Å².